The molecule has 0 saturated carbocycles. The topological polar surface area (TPSA) is 35.6 Å². The predicted octanol–water partition coefficient (Wildman–Crippen LogP) is 1.44. The van der Waals surface area contributed by atoms with Gasteiger partial charge in [0.15, 0.2) is 0 Å². The van der Waals surface area contributed by atoms with Crippen LogP contribution in [0.4, 0.5) is 0 Å². The van der Waals surface area contributed by atoms with E-state index in [0.29, 0.717) is 15.9 Å². The number of carbonyl (C=O) groups excluding carboxylic acids is 1. The highest BCUT2D eigenvalue weighted by Crippen LogP contribution is 2.28. The molecule has 0 spiro atoms. The molecule has 0 unspecified atom stereocenters. The highest BCUT2D eigenvalue weighted by Gasteiger charge is 2.30. The van der Waals surface area contributed by atoms with E-state index in [-0.39, 0.29) is 5.91 Å². The van der Waals surface area contributed by atoms with Gasteiger partial charge in [0, 0.05) is 45.3 Å². The van der Waals surface area contributed by atoms with E-state index in [4.69, 9.17) is 11.6 Å². The van der Waals surface area contributed by atoms with Crippen LogP contribution < -0.4 is 5.32 Å². The summed E-state index contributed by atoms with van der Waals surface area (Å²) in [5.74, 6) is 0.0921. The zero-order valence-corrected chi connectivity index (χ0v) is 12.6. The fourth-order valence-corrected chi connectivity index (χ4v) is 3.78. The monoisotopic (exact) mass is 299 g/mol. The van der Waals surface area contributed by atoms with Crippen LogP contribution in [0.3, 0.4) is 0 Å². The van der Waals surface area contributed by atoms with Crippen molar-refractivity contribution in [1.82, 2.24) is 15.1 Å². The van der Waals surface area contributed by atoms with Crippen molar-refractivity contribution < 1.29 is 4.79 Å². The summed E-state index contributed by atoms with van der Waals surface area (Å²) in [5, 5.41) is 5.87. The third kappa shape index (κ3) is 2.52. The Kier molecular flexibility index (Phi) is 3.80. The smallest absolute Gasteiger partial charge is 0.265 e. The number of rotatable bonds is 2. The molecule has 1 amide bonds. The van der Waals surface area contributed by atoms with Gasteiger partial charge in [-0.2, -0.15) is 0 Å². The van der Waals surface area contributed by atoms with Crippen molar-refractivity contribution in [2.45, 2.75) is 13.0 Å². The van der Waals surface area contributed by atoms with Crippen LogP contribution in [0.5, 0.6) is 0 Å². The van der Waals surface area contributed by atoms with Crippen molar-refractivity contribution in [2.24, 2.45) is 0 Å². The van der Waals surface area contributed by atoms with E-state index < -0.39 is 0 Å². The minimum atomic E-state index is 0.0921. The molecule has 2 fully saturated rings. The fraction of sp³-hybridized carbons (Fsp3) is 0.615. The molecule has 0 bridgehead atoms. The van der Waals surface area contributed by atoms with Crippen LogP contribution in [0.2, 0.25) is 5.02 Å². The van der Waals surface area contributed by atoms with Gasteiger partial charge < -0.3 is 10.2 Å². The maximum Gasteiger partial charge on any atom is 0.265 e. The first-order valence-electron chi connectivity index (χ1n) is 6.64. The number of aryl methyl sites for hydroxylation is 1. The summed E-state index contributed by atoms with van der Waals surface area (Å²) in [5.41, 5.74) is 0.995. The van der Waals surface area contributed by atoms with E-state index in [1.165, 1.54) is 11.3 Å². The molecule has 0 aliphatic carbocycles. The molecule has 0 atom stereocenters. The Balaban J connectivity index is 1.61. The summed E-state index contributed by atoms with van der Waals surface area (Å²) in [6, 6.07) is 0.671. The third-order valence-electron chi connectivity index (χ3n) is 3.97. The standard InChI is InChI=1S/C13H18ClN3OS/c1-9-8-19-12(11(9)14)13(18)17-4-2-16(3-5-17)10-6-15-7-10/h8,10,15H,2-7H2,1H3. The third-order valence-corrected chi connectivity index (χ3v) is 5.66. The quantitative estimate of drug-likeness (QED) is 0.898. The molecule has 104 valence electrons. The molecule has 6 heteroatoms. The molecule has 19 heavy (non-hydrogen) atoms. The van der Waals surface area contributed by atoms with Crippen LogP contribution in [0, 0.1) is 6.92 Å². The maximum absolute atomic E-state index is 12.4. The summed E-state index contributed by atoms with van der Waals surface area (Å²) in [6.07, 6.45) is 0. The Labute approximate surface area is 122 Å². The lowest BCUT2D eigenvalue weighted by atomic mass is 10.1. The highest BCUT2D eigenvalue weighted by atomic mass is 35.5. The lowest BCUT2D eigenvalue weighted by molar-refractivity contribution is 0.0506. The van der Waals surface area contributed by atoms with Gasteiger partial charge in [-0.25, -0.2) is 0 Å². The van der Waals surface area contributed by atoms with Crippen molar-refractivity contribution in [1.29, 1.82) is 0 Å². The molecule has 1 N–H and O–H groups in total. The van der Waals surface area contributed by atoms with Crippen LogP contribution >= 0.6 is 22.9 Å². The number of piperazine rings is 1. The van der Waals surface area contributed by atoms with Gasteiger partial charge in [-0.1, -0.05) is 11.6 Å². The summed E-state index contributed by atoms with van der Waals surface area (Å²) in [4.78, 5) is 17.5. The lowest BCUT2D eigenvalue weighted by Gasteiger charge is -2.43. The molecule has 1 aromatic rings. The number of halogens is 1. The summed E-state index contributed by atoms with van der Waals surface area (Å²) in [7, 11) is 0. The number of amides is 1. The predicted molar refractivity (Wildman–Crippen MR) is 78.2 cm³/mol. The van der Waals surface area contributed by atoms with Crippen LogP contribution in [-0.4, -0.2) is 61.0 Å². The van der Waals surface area contributed by atoms with E-state index in [1.54, 1.807) is 0 Å². The Morgan fingerprint density at radius 3 is 2.53 bits per heavy atom. The Hall–Kier alpha value is -0.620. The van der Waals surface area contributed by atoms with Crippen LogP contribution in [0.15, 0.2) is 5.38 Å². The molecule has 0 aromatic carbocycles. The molecular weight excluding hydrogens is 282 g/mol. The first-order chi connectivity index (χ1) is 9.16. The average Bonchev–Trinajstić information content (AvgIpc) is 2.68. The largest absolute Gasteiger partial charge is 0.335 e. The second kappa shape index (κ2) is 5.40. The maximum atomic E-state index is 12.4. The van der Waals surface area contributed by atoms with E-state index in [1.807, 2.05) is 17.2 Å². The molecule has 4 nitrogen and oxygen atoms in total. The second-order valence-electron chi connectivity index (χ2n) is 5.20. The number of hydrogen-bond donors (Lipinski definition) is 1. The van der Waals surface area contributed by atoms with Gasteiger partial charge in [-0.3, -0.25) is 9.69 Å². The molecule has 3 rings (SSSR count). The molecule has 3 heterocycles. The van der Waals surface area contributed by atoms with Gasteiger partial charge in [0.25, 0.3) is 5.91 Å². The summed E-state index contributed by atoms with van der Waals surface area (Å²) < 4.78 is 0. The zero-order valence-electron chi connectivity index (χ0n) is 11.0. The van der Waals surface area contributed by atoms with Gasteiger partial charge in [-0.05, 0) is 17.9 Å². The minimum Gasteiger partial charge on any atom is -0.335 e. The summed E-state index contributed by atoms with van der Waals surface area (Å²) in [6.45, 7) is 7.68. The van der Waals surface area contributed by atoms with E-state index in [2.05, 4.69) is 10.2 Å². The van der Waals surface area contributed by atoms with Crippen LogP contribution in [-0.2, 0) is 0 Å². The number of carbonyl (C=O) groups is 1. The van der Waals surface area contributed by atoms with E-state index >= 15 is 0 Å². The Morgan fingerprint density at radius 1 is 1.37 bits per heavy atom. The SMILES string of the molecule is Cc1csc(C(=O)N2CCN(C3CNC3)CC2)c1Cl. The minimum absolute atomic E-state index is 0.0921. The van der Waals surface area contributed by atoms with E-state index in [9.17, 15) is 4.79 Å². The second-order valence-corrected chi connectivity index (χ2v) is 6.46. The van der Waals surface area contributed by atoms with Crippen molar-refractivity contribution in [3.63, 3.8) is 0 Å². The van der Waals surface area contributed by atoms with Crippen molar-refractivity contribution in [3.05, 3.63) is 20.8 Å². The molecule has 2 saturated heterocycles. The van der Waals surface area contributed by atoms with Crippen LogP contribution in [0.25, 0.3) is 0 Å². The average molecular weight is 300 g/mol. The number of thiophene rings is 1. The molecule has 1 aromatic heterocycles. The molecular formula is C13H18ClN3OS. The highest BCUT2D eigenvalue weighted by molar-refractivity contribution is 7.13. The Bertz CT molecular complexity index is 478. The molecule has 2 aliphatic heterocycles. The Morgan fingerprint density at radius 2 is 2.05 bits per heavy atom. The fourth-order valence-electron chi connectivity index (χ4n) is 2.54. The van der Waals surface area contributed by atoms with Gasteiger partial charge in [0.05, 0.1) is 5.02 Å². The normalized spacial score (nSPS) is 21.5. The number of hydrogen-bond acceptors (Lipinski definition) is 4. The zero-order chi connectivity index (χ0) is 13.4. The van der Waals surface area contributed by atoms with Crippen molar-refractivity contribution in [3.8, 4) is 0 Å². The molecule has 2 aliphatic rings. The molecule has 0 radical (unpaired) electrons. The first kappa shape index (κ1) is 13.4. The van der Waals surface area contributed by atoms with Gasteiger partial charge in [0.1, 0.15) is 4.88 Å². The van der Waals surface area contributed by atoms with Gasteiger partial charge >= 0.3 is 0 Å². The van der Waals surface area contributed by atoms with Crippen molar-refractivity contribution >= 4 is 28.8 Å². The van der Waals surface area contributed by atoms with Gasteiger partial charge in [-0.15, -0.1) is 11.3 Å². The number of nitrogens with one attached hydrogen (secondary N) is 1. The van der Waals surface area contributed by atoms with Crippen molar-refractivity contribution in [2.75, 3.05) is 39.3 Å². The van der Waals surface area contributed by atoms with Gasteiger partial charge in [0.2, 0.25) is 0 Å². The van der Waals surface area contributed by atoms with E-state index in [0.717, 1.165) is 44.8 Å². The summed E-state index contributed by atoms with van der Waals surface area (Å²) >= 11 is 7.63. The lowest BCUT2D eigenvalue weighted by Crippen LogP contribution is -2.62. The first-order valence-corrected chi connectivity index (χ1v) is 7.90. The van der Waals surface area contributed by atoms with Crippen LogP contribution in [0.1, 0.15) is 15.2 Å². The number of nitrogens with zero attached hydrogens (tertiary/aromatic N) is 2.